The normalized spacial score (nSPS) is 23.3. The fourth-order valence-electron chi connectivity index (χ4n) is 1.64. The van der Waals surface area contributed by atoms with Gasteiger partial charge < -0.3 is 9.84 Å². The van der Waals surface area contributed by atoms with Gasteiger partial charge in [-0.2, -0.15) is 0 Å². The number of nitrogens with zero attached hydrogens (tertiary/aromatic N) is 1. The molecule has 5 heteroatoms. The molecule has 0 aromatic heterocycles. The maximum atomic E-state index is 10.9. The molecule has 0 aliphatic carbocycles. The van der Waals surface area contributed by atoms with Crippen LogP contribution in [0, 0.1) is 0 Å². The molecule has 0 amide bonds. The van der Waals surface area contributed by atoms with Gasteiger partial charge >= 0.3 is 5.97 Å². The lowest BCUT2D eigenvalue weighted by molar-refractivity contribution is -0.143. The Morgan fingerprint density at radius 3 is 2.88 bits per heavy atom. The highest BCUT2D eigenvalue weighted by Gasteiger charge is 2.28. The Bertz CT molecular complexity index is 243. The third-order valence-corrected chi connectivity index (χ3v) is 2.98. The van der Waals surface area contributed by atoms with Gasteiger partial charge in [0.1, 0.15) is 5.54 Å². The average Bonchev–Trinajstić information content (AvgIpc) is 2.26. The molecule has 0 radical (unpaired) electrons. The number of likely N-dealkylation sites (N-methyl/N-ethyl adjacent to an activating group) is 1. The summed E-state index contributed by atoms with van der Waals surface area (Å²) in [4.78, 5) is 13.2. The van der Waals surface area contributed by atoms with E-state index in [-0.39, 0.29) is 6.10 Å². The largest absolute Gasteiger partial charge is 0.480 e. The van der Waals surface area contributed by atoms with E-state index in [0.717, 1.165) is 26.2 Å². The zero-order valence-electron chi connectivity index (χ0n) is 10.3. The highest BCUT2D eigenvalue weighted by molar-refractivity contribution is 5.77. The van der Waals surface area contributed by atoms with E-state index >= 15 is 0 Å². The molecule has 1 atom stereocenters. The molecule has 2 N–H and O–H groups in total. The van der Waals surface area contributed by atoms with Crippen molar-refractivity contribution in [3.05, 3.63) is 0 Å². The van der Waals surface area contributed by atoms with Gasteiger partial charge in [0.2, 0.25) is 0 Å². The summed E-state index contributed by atoms with van der Waals surface area (Å²) in [6, 6.07) is 0. The van der Waals surface area contributed by atoms with Crippen LogP contribution >= 0.6 is 0 Å². The van der Waals surface area contributed by atoms with Crippen molar-refractivity contribution >= 4 is 5.97 Å². The van der Waals surface area contributed by atoms with E-state index in [1.807, 2.05) is 0 Å². The molecule has 1 saturated heterocycles. The van der Waals surface area contributed by atoms with Crippen molar-refractivity contribution in [2.24, 2.45) is 0 Å². The molecular formula is C11H22N2O3. The van der Waals surface area contributed by atoms with E-state index in [1.165, 1.54) is 0 Å². The van der Waals surface area contributed by atoms with Crippen LogP contribution < -0.4 is 5.32 Å². The van der Waals surface area contributed by atoms with Crippen molar-refractivity contribution in [2.45, 2.75) is 32.4 Å². The molecule has 16 heavy (non-hydrogen) atoms. The van der Waals surface area contributed by atoms with Gasteiger partial charge in [-0.1, -0.05) is 6.92 Å². The van der Waals surface area contributed by atoms with Crippen LogP contribution in [0.15, 0.2) is 0 Å². The molecule has 0 aromatic carbocycles. The number of hydrogen-bond donors (Lipinski definition) is 2. The minimum absolute atomic E-state index is 0.0901. The molecule has 0 bridgehead atoms. The summed E-state index contributed by atoms with van der Waals surface area (Å²) in [5, 5.41) is 12.0. The average molecular weight is 230 g/mol. The summed E-state index contributed by atoms with van der Waals surface area (Å²) in [5.74, 6) is -0.837. The number of ether oxygens (including phenoxy) is 1. The monoisotopic (exact) mass is 230 g/mol. The predicted octanol–water partition coefficient (Wildman–Crippen LogP) is 0.160. The minimum atomic E-state index is -0.891. The van der Waals surface area contributed by atoms with Crippen LogP contribution in [0.3, 0.4) is 0 Å². The highest BCUT2D eigenvalue weighted by Crippen LogP contribution is 2.07. The van der Waals surface area contributed by atoms with Gasteiger partial charge in [0.25, 0.3) is 0 Å². The lowest BCUT2D eigenvalue weighted by Gasteiger charge is -2.33. The fraction of sp³-hybridized carbons (Fsp3) is 0.909. The number of carboxylic acids is 1. The molecule has 0 aromatic rings. The van der Waals surface area contributed by atoms with Crippen LogP contribution in [-0.2, 0) is 9.53 Å². The summed E-state index contributed by atoms with van der Waals surface area (Å²) in [6.07, 6.45) is 0.0901. The molecule has 5 nitrogen and oxygen atoms in total. The predicted molar refractivity (Wildman–Crippen MR) is 61.6 cm³/mol. The van der Waals surface area contributed by atoms with Crippen LogP contribution in [0.4, 0.5) is 0 Å². The van der Waals surface area contributed by atoms with Crippen molar-refractivity contribution in [1.82, 2.24) is 10.2 Å². The third kappa shape index (κ3) is 3.73. The van der Waals surface area contributed by atoms with Crippen LogP contribution in [-0.4, -0.2) is 60.4 Å². The van der Waals surface area contributed by atoms with Crippen molar-refractivity contribution in [2.75, 3.05) is 32.8 Å². The number of nitrogens with one attached hydrogen (secondary N) is 1. The lowest BCUT2D eigenvalue weighted by atomic mass is 10.1. The first-order valence-electron chi connectivity index (χ1n) is 5.78. The molecule has 1 aliphatic heterocycles. The summed E-state index contributed by atoms with van der Waals surface area (Å²) in [6.45, 7) is 9.61. The minimum Gasteiger partial charge on any atom is -0.480 e. The van der Waals surface area contributed by atoms with E-state index in [4.69, 9.17) is 9.84 Å². The molecule has 0 saturated carbocycles. The molecule has 1 heterocycles. The standard InChI is InChI=1S/C11H22N2O3/c1-4-13-5-6-16-9(8-13)7-12-11(2,3)10(14)15/h9,12H,4-8H2,1-3H3,(H,14,15). The Morgan fingerprint density at radius 2 is 2.31 bits per heavy atom. The second-order valence-electron chi connectivity index (χ2n) is 4.70. The Hall–Kier alpha value is -0.650. The third-order valence-electron chi connectivity index (χ3n) is 2.98. The molecule has 94 valence electrons. The van der Waals surface area contributed by atoms with Gasteiger partial charge in [0, 0.05) is 19.6 Å². The number of morpholine rings is 1. The Balaban J connectivity index is 2.35. The smallest absolute Gasteiger partial charge is 0.323 e. The van der Waals surface area contributed by atoms with Crippen LogP contribution in [0.1, 0.15) is 20.8 Å². The van der Waals surface area contributed by atoms with E-state index in [2.05, 4.69) is 17.1 Å². The van der Waals surface area contributed by atoms with E-state index in [0.29, 0.717) is 6.54 Å². The molecule has 1 unspecified atom stereocenters. The highest BCUT2D eigenvalue weighted by atomic mass is 16.5. The quantitative estimate of drug-likeness (QED) is 0.704. The number of rotatable bonds is 5. The second kappa shape index (κ2) is 5.61. The fourth-order valence-corrected chi connectivity index (χ4v) is 1.64. The Kier molecular flexibility index (Phi) is 4.70. The van der Waals surface area contributed by atoms with Crippen molar-refractivity contribution < 1.29 is 14.6 Å². The van der Waals surface area contributed by atoms with Crippen LogP contribution in [0.2, 0.25) is 0 Å². The molecule has 0 spiro atoms. The SMILES string of the molecule is CCN1CCOC(CNC(C)(C)C(=O)O)C1. The number of carboxylic acid groups (broad SMARTS) is 1. The first kappa shape index (κ1) is 13.4. The van der Waals surface area contributed by atoms with Gasteiger partial charge in [0.05, 0.1) is 12.7 Å². The summed E-state index contributed by atoms with van der Waals surface area (Å²) < 4.78 is 5.59. The number of aliphatic carboxylic acids is 1. The van der Waals surface area contributed by atoms with Gasteiger partial charge in [-0.3, -0.25) is 15.0 Å². The van der Waals surface area contributed by atoms with Crippen molar-refractivity contribution in [1.29, 1.82) is 0 Å². The Labute approximate surface area is 96.8 Å². The van der Waals surface area contributed by atoms with Crippen molar-refractivity contribution in [3.8, 4) is 0 Å². The van der Waals surface area contributed by atoms with Gasteiger partial charge in [-0.05, 0) is 20.4 Å². The van der Waals surface area contributed by atoms with E-state index in [1.54, 1.807) is 13.8 Å². The van der Waals surface area contributed by atoms with Crippen LogP contribution in [0.25, 0.3) is 0 Å². The molecular weight excluding hydrogens is 208 g/mol. The second-order valence-corrected chi connectivity index (χ2v) is 4.70. The van der Waals surface area contributed by atoms with Crippen molar-refractivity contribution in [3.63, 3.8) is 0 Å². The summed E-state index contributed by atoms with van der Waals surface area (Å²) >= 11 is 0. The number of carbonyl (C=O) groups is 1. The lowest BCUT2D eigenvalue weighted by Crippen LogP contribution is -2.53. The number of hydrogen-bond acceptors (Lipinski definition) is 4. The van der Waals surface area contributed by atoms with E-state index in [9.17, 15) is 4.79 Å². The van der Waals surface area contributed by atoms with Crippen LogP contribution in [0.5, 0.6) is 0 Å². The first-order valence-corrected chi connectivity index (χ1v) is 5.78. The first-order chi connectivity index (χ1) is 7.45. The van der Waals surface area contributed by atoms with Gasteiger partial charge in [0.15, 0.2) is 0 Å². The molecule has 1 rings (SSSR count). The van der Waals surface area contributed by atoms with E-state index < -0.39 is 11.5 Å². The summed E-state index contributed by atoms with van der Waals surface area (Å²) in [5.41, 5.74) is -0.891. The van der Waals surface area contributed by atoms with Gasteiger partial charge in [-0.15, -0.1) is 0 Å². The Morgan fingerprint density at radius 1 is 1.62 bits per heavy atom. The topological polar surface area (TPSA) is 61.8 Å². The summed E-state index contributed by atoms with van der Waals surface area (Å²) in [7, 11) is 0. The molecule has 1 fully saturated rings. The molecule has 1 aliphatic rings. The van der Waals surface area contributed by atoms with Gasteiger partial charge in [-0.25, -0.2) is 0 Å². The zero-order valence-corrected chi connectivity index (χ0v) is 10.3. The maximum Gasteiger partial charge on any atom is 0.323 e. The zero-order chi connectivity index (χ0) is 12.2. The maximum absolute atomic E-state index is 10.9.